The lowest BCUT2D eigenvalue weighted by Gasteiger charge is -2.37. The monoisotopic (exact) mass is 585 g/mol. The zero-order chi connectivity index (χ0) is 30.7. The number of carbonyl (C=O) groups is 3. The summed E-state index contributed by atoms with van der Waals surface area (Å²) >= 11 is 0. The summed E-state index contributed by atoms with van der Waals surface area (Å²) in [5.74, 6) is -0.202. The summed E-state index contributed by atoms with van der Waals surface area (Å²) in [6, 6.07) is 23.6. The van der Waals surface area contributed by atoms with Gasteiger partial charge in [0.25, 0.3) is 0 Å². The predicted octanol–water partition coefficient (Wildman–Crippen LogP) is 6.34. The van der Waals surface area contributed by atoms with Crippen molar-refractivity contribution in [3.63, 3.8) is 0 Å². The maximum atomic E-state index is 15.0. The number of Topliss-reactive ketones (excluding diaryl/α,β-unsaturated/α-hetero) is 3. The van der Waals surface area contributed by atoms with E-state index in [1.54, 1.807) is 74.9 Å². The summed E-state index contributed by atoms with van der Waals surface area (Å²) in [5.41, 5.74) is 2.86. The molecule has 0 bridgehead atoms. The maximum Gasteiger partial charge on any atom is 0.186 e. The highest BCUT2D eigenvalue weighted by Crippen LogP contribution is 2.62. The number of benzene rings is 4. The van der Waals surface area contributed by atoms with Crippen LogP contribution in [0, 0.1) is 12.3 Å². The summed E-state index contributed by atoms with van der Waals surface area (Å²) in [6.45, 7) is 2.01. The molecule has 0 saturated carbocycles. The normalized spacial score (nSPS) is 20.7. The summed E-state index contributed by atoms with van der Waals surface area (Å²) in [7, 11) is 4.65. The molecule has 3 atom stereocenters. The van der Waals surface area contributed by atoms with Gasteiger partial charge in [0.15, 0.2) is 17.3 Å². The number of hydrogen-bond donors (Lipinski definition) is 0. The van der Waals surface area contributed by atoms with Crippen LogP contribution in [0.2, 0.25) is 0 Å². The molecule has 1 spiro atoms. The summed E-state index contributed by atoms with van der Waals surface area (Å²) < 4.78 is 16.8. The van der Waals surface area contributed by atoms with Gasteiger partial charge in [-0.05, 0) is 42.8 Å². The average Bonchev–Trinajstić information content (AvgIpc) is 3.49. The Labute approximate surface area is 255 Å². The van der Waals surface area contributed by atoms with Crippen LogP contribution in [-0.4, -0.2) is 50.8 Å². The molecule has 4 aromatic rings. The van der Waals surface area contributed by atoms with Crippen LogP contribution in [-0.2, 0) is 0 Å². The third kappa shape index (κ3) is 3.71. The van der Waals surface area contributed by atoms with Gasteiger partial charge >= 0.3 is 0 Å². The van der Waals surface area contributed by atoms with Crippen LogP contribution < -0.4 is 19.1 Å². The van der Waals surface area contributed by atoms with E-state index >= 15 is 0 Å². The minimum absolute atomic E-state index is 0.230. The molecule has 0 aromatic heterocycles. The highest BCUT2D eigenvalue weighted by molar-refractivity contribution is 6.32. The molecule has 220 valence electrons. The van der Waals surface area contributed by atoms with Crippen molar-refractivity contribution in [3.05, 3.63) is 124 Å². The molecule has 1 fully saturated rings. The zero-order valence-corrected chi connectivity index (χ0v) is 24.9. The first-order valence-electron chi connectivity index (χ1n) is 14.5. The van der Waals surface area contributed by atoms with Gasteiger partial charge in [-0.2, -0.15) is 0 Å². The van der Waals surface area contributed by atoms with Gasteiger partial charge in [-0.15, -0.1) is 0 Å². The zero-order valence-electron chi connectivity index (χ0n) is 24.9. The Morgan fingerprint density at radius 1 is 0.773 bits per heavy atom. The lowest BCUT2D eigenvalue weighted by atomic mass is 9.64. The van der Waals surface area contributed by atoms with Crippen LogP contribution in [0.3, 0.4) is 0 Å². The topological polar surface area (TPSA) is 82.1 Å². The molecule has 0 amide bonds. The van der Waals surface area contributed by atoms with Gasteiger partial charge in [-0.3, -0.25) is 14.4 Å². The second-order valence-electron chi connectivity index (χ2n) is 11.5. The van der Waals surface area contributed by atoms with E-state index < -0.39 is 23.4 Å². The maximum absolute atomic E-state index is 15.0. The van der Waals surface area contributed by atoms with E-state index in [1.165, 1.54) is 7.11 Å². The largest absolute Gasteiger partial charge is 0.497 e. The Balaban J connectivity index is 1.57. The summed E-state index contributed by atoms with van der Waals surface area (Å²) in [5, 5.41) is 0. The number of anilines is 1. The highest BCUT2D eigenvalue weighted by Gasteiger charge is 2.72. The number of aryl methyl sites for hydroxylation is 1. The fourth-order valence-electron chi connectivity index (χ4n) is 7.46. The van der Waals surface area contributed by atoms with Crippen molar-refractivity contribution in [2.75, 3.05) is 26.2 Å². The Kier molecular flexibility index (Phi) is 6.43. The highest BCUT2D eigenvalue weighted by atomic mass is 16.5. The molecule has 2 aliphatic heterocycles. The standard InChI is InChI=1S/C37H31NO6/c1-21-12-16-29-22(18-21)13-17-31-37(35(40)26-10-5-6-11-27(26)36(37)41)32(28-15-14-25(43-3)20-30(28)44-4)33(38(29)31)34(39)23-8-7-9-24(19-23)42-2/h5-20,31-33H,1-4H3/t31-,32-,33+/m0/s1. The molecule has 7 rings (SSSR count). The van der Waals surface area contributed by atoms with E-state index in [-0.39, 0.29) is 17.3 Å². The molecule has 0 N–H and O–H groups in total. The number of methoxy groups -OCH3 is 3. The second kappa shape index (κ2) is 10.2. The molecule has 2 heterocycles. The third-order valence-corrected chi connectivity index (χ3v) is 9.36. The second-order valence-corrected chi connectivity index (χ2v) is 11.5. The molecule has 0 radical (unpaired) electrons. The number of nitrogens with zero attached hydrogens (tertiary/aromatic N) is 1. The van der Waals surface area contributed by atoms with Crippen LogP contribution in [0.15, 0.2) is 91.0 Å². The van der Waals surface area contributed by atoms with Crippen LogP contribution >= 0.6 is 0 Å². The van der Waals surface area contributed by atoms with E-state index in [4.69, 9.17) is 14.2 Å². The molecule has 44 heavy (non-hydrogen) atoms. The Bertz CT molecular complexity index is 1860. The number of ether oxygens (including phenoxy) is 3. The van der Waals surface area contributed by atoms with Crippen molar-refractivity contribution < 1.29 is 28.6 Å². The van der Waals surface area contributed by atoms with Crippen molar-refractivity contribution in [1.29, 1.82) is 0 Å². The van der Waals surface area contributed by atoms with Crippen molar-refractivity contribution in [1.82, 2.24) is 0 Å². The van der Waals surface area contributed by atoms with E-state index in [0.717, 1.165) is 16.8 Å². The van der Waals surface area contributed by atoms with Gasteiger partial charge < -0.3 is 19.1 Å². The average molecular weight is 586 g/mol. The van der Waals surface area contributed by atoms with Gasteiger partial charge in [0.05, 0.1) is 27.4 Å². The SMILES string of the molecule is COc1cccc(C(=O)[C@H]2[C@H](c3ccc(OC)cc3OC)C3(C(=O)c4ccccc4C3=O)[C@@H]3C=Cc4cc(C)ccc4N32)c1. The molecule has 7 heteroatoms. The minimum atomic E-state index is -1.64. The molecule has 1 saturated heterocycles. The summed E-state index contributed by atoms with van der Waals surface area (Å²) in [6.07, 6.45) is 3.89. The lowest BCUT2D eigenvalue weighted by Crippen LogP contribution is -2.48. The Hall–Kier alpha value is -5.17. The molecule has 4 aromatic carbocycles. The summed E-state index contributed by atoms with van der Waals surface area (Å²) in [4.78, 5) is 46.7. The lowest BCUT2D eigenvalue weighted by molar-refractivity contribution is 0.0664. The molecule has 3 aliphatic rings. The Morgan fingerprint density at radius 2 is 1.48 bits per heavy atom. The van der Waals surface area contributed by atoms with Gasteiger partial charge in [-0.1, -0.05) is 66.2 Å². The van der Waals surface area contributed by atoms with Crippen LogP contribution in [0.1, 0.15) is 53.7 Å². The van der Waals surface area contributed by atoms with Gasteiger partial charge in [-0.25, -0.2) is 0 Å². The van der Waals surface area contributed by atoms with Crippen molar-refractivity contribution >= 4 is 29.1 Å². The minimum Gasteiger partial charge on any atom is -0.497 e. The van der Waals surface area contributed by atoms with Gasteiger partial charge in [0.2, 0.25) is 0 Å². The van der Waals surface area contributed by atoms with Gasteiger partial charge in [0, 0.05) is 39.9 Å². The van der Waals surface area contributed by atoms with Crippen molar-refractivity contribution in [2.45, 2.75) is 24.9 Å². The van der Waals surface area contributed by atoms with E-state index in [1.807, 2.05) is 42.2 Å². The number of carbonyl (C=O) groups excluding carboxylic acids is 3. The number of ketones is 3. The van der Waals surface area contributed by atoms with E-state index in [0.29, 0.717) is 39.5 Å². The number of rotatable bonds is 6. The molecular formula is C37H31NO6. The van der Waals surface area contributed by atoms with Gasteiger partial charge in [0.1, 0.15) is 28.7 Å². The first-order chi connectivity index (χ1) is 21.3. The van der Waals surface area contributed by atoms with Crippen LogP contribution in [0.25, 0.3) is 6.08 Å². The molecule has 1 aliphatic carbocycles. The molecular weight excluding hydrogens is 554 g/mol. The van der Waals surface area contributed by atoms with Crippen molar-refractivity contribution in [3.8, 4) is 17.2 Å². The number of fused-ring (bicyclic) bond motifs is 5. The molecule has 7 nitrogen and oxygen atoms in total. The fraction of sp³-hybridized carbons (Fsp3) is 0.216. The van der Waals surface area contributed by atoms with Crippen molar-refractivity contribution in [2.24, 2.45) is 5.41 Å². The van der Waals surface area contributed by atoms with Crippen LogP contribution in [0.4, 0.5) is 5.69 Å². The predicted molar refractivity (Wildman–Crippen MR) is 167 cm³/mol. The third-order valence-electron chi connectivity index (χ3n) is 9.36. The van der Waals surface area contributed by atoms with E-state index in [2.05, 4.69) is 6.07 Å². The first-order valence-corrected chi connectivity index (χ1v) is 14.5. The van der Waals surface area contributed by atoms with Crippen LogP contribution in [0.5, 0.6) is 17.2 Å². The first kappa shape index (κ1) is 27.7. The Morgan fingerprint density at radius 3 is 2.16 bits per heavy atom. The number of hydrogen-bond acceptors (Lipinski definition) is 7. The molecule has 0 unspecified atom stereocenters. The quantitative estimate of drug-likeness (QED) is 0.193. The fourth-order valence-corrected chi connectivity index (χ4v) is 7.46. The smallest absolute Gasteiger partial charge is 0.186 e. The van der Waals surface area contributed by atoms with E-state index in [9.17, 15) is 14.4 Å².